The molecule has 0 aromatic heterocycles. The summed E-state index contributed by atoms with van der Waals surface area (Å²) in [6, 6.07) is 10.4. The Labute approximate surface area is 211 Å². The lowest BCUT2D eigenvalue weighted by molar-refractivity contribution is -0.385. The number of carbonyl (C=O) groups excluding carboxylic acids is 1. The van der Waals surface area contributed by atoms with Crippen LogP contribution in [0.5, 0.6) is 17.2 Å². The van der Waals surface area contributed by atoms with E-state index in [0.29, 0.717) is 17.2 Å². The van der Waals surface area contributed by atoms with Crippen molar-refractivity contribution < 1.29 is 23.9 Å². The topological polar surface area (TPSA) is 112 Å². The first-order valence-corrected chi connectivity index (χ1v) is 11.6. The molecule has 2 aromatic rings. The van der Waals surface area contributed by atoms with E-state index in [2.05, 4.69) is 52.0 Å². The van der Waals surface area contributed by atoms with Crippen molar-refractivity contribution in [3.8, 4) is 17.2 Å². The molecule has 0 saturated heterocycles. The highest BCUT2D eigenvalue weighted by molar-refractivity contribution is 5.77. The van der Waals surface area contributed by atoms with Crippen molar-refractivity contribution in [3.05, 3.63) is 76.0 Å². The number of hydrogen-bond acceptors (Lipinski definition) is 7. The van der Waals surface area contributed by atoms with E-state index in [1.807, 2.05) is 24.3 Å². The number of nitrogens with one attached hydrogen (secondary N) is 2. The number of rotatable bonds is 10. The van der Waals surface area contributed by atoms with E-state index in [4.69, 9.17) is 14.2 Å². The molecule has 192 valence electrons. The minimum Gasteiger partial charge on any atom is -0.477 e. The molecule has 36 heavy (non-hydrogen) atoms. The van der Waals surface area contributed by atoms with E-state index in [0.717, 1.165) is 17.5 Å². The van der Waals surface area contributed by atoms with Crippen LogP contribution < -0.4 is 25.1 Å². The first-order valence-electron chi connectivity index (χ1n) is 11.6. The average molecular weight is 496 g/mol. The van der Waals surface area contributed by atoms with Gasteiger partial charge in [-0.05, 0) is 52.7 Å². The largest absolute Gasteiger partial charge is 0.477 e. The van der Waals surface area contributed by atoms with Gasteiger partial charge in [-0.15, -0.1) is 0 Å². The minimum atomic E-state index is -0.515. The van der Waals surface area contributed by atoms with E-state index < -0.39 is 17.4 Å². The van der Waals surface area contributed by atoms with Gasteiger partial charge in [0.25, 0.3) is 5.91 Å². The SMILES string of the molecule is C=C(C=Cc1ccc2c(c1)OCO2)NNC(=O)COc1ccc(C(C)(C)CC(C)(C)C)cc1[N+](=O)[O-]. The van der Waals surface area contributed by atoms with E-state index in [-0.39, 0.29) is 29.1 Å². The van der Waals surface area contributed by atoms with Crippen LogP contribution in [0.15, 0.2) is 54.8 Å². The van der Waals surface area contributed by atoms with E-state index >= 15 is 0 Å². The fourth-order valence-corrected chi connectivity index (χ4v) is 4.22. The summed E-state index contributed by atoms with van der Waals surface area (Å²) in [5, 5.41) is 11.7. The monoisotopic (exact) mass is 495 g/mol. The van der Waals surface area contributed by atoms with E-state index in [1.165, 1.54) is 6.07 Å². The Morgan fingerprint density at radius 1 is 1.11 bits per heavy atom. The van der Waals surface area contributed by atoms with Gasteiger partial charge in [-0.1, -0.05) is 59.4 Å². The van der Waals surface area contributed by atoms with E-state index in [1.54, 1.807) is 18.2 Å². The number of hydrazine groups is 1. The lowest BCUT2D eigenvalue weighted by Gasteiger charge is -2.33. The fourth-order valence-electron chi connectivity index (χ4n) is 4.22. The molecule has 0 spiro atoms. The molecule has 1 aliphatic heterocycles. The van der Waals surface area contributed by atoms with Gasteiger partial charge in [0.15, 0.2) is 23.9 Å². The minimum absolute atomic E-state index is 0.0342. The lowest BCUT2D eigenvalue weighted by atomic mass is 9.72. The fraction of sp³-hybridized carbons (Fsp3) is 0.370. The molecule has 1 amide bonds. The summed E-state index contributed by atoms with van der Waals surface area (Å²) in [6.45, 7) is 14.1. The van der Waals surface area contributed by atoms with Crippen molar-refractivity contribution in [2.75, 3.05) is 13.4 Å². The maximum Gasteiger partial charge on any atom is 0.311 e. The maximum absolute atomic E-state index is 12.2. The Morgan fingerprint density at radius 3 is 2.53 bits per heavy atom. The van der Waals surface area contributed by atoms with Crippen molar-refractivity contribution in [3.63, 3.8) is 0 Å². The van der Waals surface area contributed by atoms with Gasteiger partial charge >= 0.3 is 5.69 Å². The Balaban J connectivity index is 1.54. The van der Waals surface area contributed by atoms with Crippen LogP contribution in [0.2, 0.25) is 0 Å². The summed E-state index contributed by atoms with van der Waals surface area (Å²) >= 11 is 0. The number of nitrogens with zero attached hydrogens (tertiary/aromatic N) is 1. The van der Waals surface area contributed by atoms with Crippen LogP contribution in [0.4, 0.5) is 5.69 Å². The number of nitro benzene ring substituents is 1. The third kappa shape index (κ3) is 7.24. The molecule has 9 nitrogen and oxygen atoms in total. The van der Waals surface area contributed by atoms with Gasteiger partial charge in [-0.25, -0.2) is 0 Å². The Kier molecular flexibility index (Phi) is 7.92. The highest BCUT2D eigenvalue weighted by atomic mass is 16.7. The molecule has 0 radical (unpaired) electrons. The third-order valence-corrected chi connectivity index (χ3v) is 5.50. The van der Waals surface area contributed by atoms with Crippen LogP contribution in [0.25, 0.3) is 6.08 Å². The Hall–Kier alpha value is -4.01. The summed E-state index contributed by atoms with van der Waals surface area (Å²) in [4.78, 5) is 23.4. The molecule has 0 bridgehead atoms. The Morgan fingerprint density at radius 2 is 1.83 bits per heavy atom. The van der Waals surface area contributed by atoms with Crippen LogP contribution in [-0.2, 0) is 10.2 Å². The van der Waals surface area contributed by atoms with Crippen molar-refractivity contribution in [2.45, 2.75) is 46.5 Å². The molecular formula is C27H33N3O6. The predicted octanol–water partition coefficient (Wildman–Crippen LogP) is 5.26. The standard InChI is InChI=1S/C27H33N3O6/c1-18(7-8-19-9-11-23-24(13-19)36-17-35-23)28-29-25(31)15-34-22-12-10-20(14-21(22)30(32)33)27(5,6)16-26(2,3)4/h7-14,28H,1,15-17H2,2-6H3,(H,29,31). The smallest absolute Gasteiger partial charge is 0.311 e. The van der Waals surface area contributed by atoms with Crippen molar-refractivity contribution in [2.24, 2.45) is 5.41 Å². The molecule has 0 unspecified atom stereocenters. The van der Waals surface area contributed by atoms with Gasteiger partial charge in [0.2, 0.25) is 6.79 Å². The summed E-state index contributed by atoms with van der Waals surface area (Å²) in [5.41, 5.74) is 6.90. The highest BCUT2D eigenvalue weighted by Gasteiger charge is 2.30. The number of fused-ring (bicyclic) bond motifs is 1. The van der Waals surface area contributed by atoms with Crippen molar-refractivity contribution >= 4 is 17.7 Å². The number of nitro groups is 1. The molecule has 0 aliphatic carbocycles. The lowest BCUT2D eigenvalue weighted by Crippen LogP contribution is -2.39. The van der Waals surface area contributed by atoms with Gasteiger partial charge < -0.3 is 14.2 Å². The van der Waals surface area contributed by atoms with Gasteiger partial charge in [0.1, 0.15) is 0 Å². The maximum atomic E-state index is 12.2. The summed E-state index contributed by atoms with van der Waals surface area (Å²) < 4.78 is 16.1. The molecule has 9 heteroatoms. The van der Waals surface area contributed by atoms with Gasteiger partial charge in [0.05, 0.1) is 4.92 Å². The molecule has 0 saturated carbocycles. The zero-order valence-corrected chi connectivity index (χ0v) is 21.3. The number of ether oxygens (including phenoxy) is 3. The summed E-state index contributed by atoms with van der Waals surface area (Å²) in [7, 11) is 0. The zero-order chi connectivity index (χ0) is 26.5. The molecule has 1 heterocycles. The number of amides is 1. The second kappa shape index (κ2) is 10.7. The quantitative estimate of drug-likeness (QED) is 0.262. The third-order valence-electron chi connectivity index (χ3n) is 5.50. The predicted molar refractivity (Wildman–Crippen MR) is 138 cm³/mol. The molecule has 0 atom stereocenters. The second-order valence-electron chi connectivity index (χ2n) is 10.5. The van der Waals surface area contributed by atoms with Crippen LogP contribution in [0, 0.1) is 15.5 Å². The van der Waals surface area contributed by atoms with E-state index in [9.17, 15) is 14.9 Å². The number of carbonyl (C=O) groups is 1. The number of hydrogen-bond donors (Lipinski definition) is 2. The molecule has 3 rings (SSSR count). The van der Waals surface area contributed by atoms with Crippen LogP contribution >= 0.6 is 0 Å². The highest BCUT2D eigenvalue weighted by Crippen LogP contribution is 2.39. The molecule has 0 fully saturated rings. The van der Waals surface area contributed by atoms with Gasteiger partial charge in [0, 0.05) is 11.8 Å². The summed E-state index contributed by atoms with van der Waals surface area (Å²) in [5.74, 6) is 0.881. The van der Waals surface area contributed by atoms with Crippen LogP contribution in [-0.4, -0.2) is 24.2 Å². The van der Waals surface area contributed by atoms with Crippen molar-refractivity contribution in [1.82, 2.24) is 10.9 Å². The number of benzene rings is 2. The number of allylic oxidation sites excluding steroid dienone is 1. The first kappa shape index (κ1) is 26.6. The van der Waals surface area contributed by atoms with Gasteiger partial charge in [-0.3, -0.25) is 25.8 Å². The van der Waals surface area contributed by atoms with Gasteiger partial charge in [-0.2, -0.15) is 0 Å². The normalized spacial score (nSPS) is 12.9. The molecule has 1 aliphatic rings. The molecule has 2 aromatic carbocycles. The second-order valence-corrected chi connectivity index (χ2v) is 10.5. The van der Waals surface area contributed by atoms with Crippen molar-refractivity contribution in [1.29, 1.82) is 0 Å². The summed E-state index contributed by atoms with van der Waals surface area (Å²) in [6.07, 6.45) is 4.33. The average Bonchev–Trinajstić information content (AvgIpc) is 3.26. The van der Waals surface area contributed by atoms with Crippen LogP contribution in [0.3, 0.4) is 0 Å². The molecule has 2 N–H and O–H groups in total. The zero-order valence-electron chi connectivity index (χ0n) is 21.3. The molecular weight excluding hydrogens is 462 g/mol. The first-order chi connectivity index (χ1) is 16.8. The Bertz CT molecular complexity index is 1180. The van der Waals surface area contributed by atoms with Crippen LogP contribution in [0.1, 0.15) is 52.2 Å².